The van der Waals surface area contributed by atoms with Crippen molar-refractivity contribution in [2.75, 3.05) is 5.75 Å². The van der Waals surface area contributed by atoms with E-state index in [1.54, 1.807) is 12.1 Å². The van der Waals surface area contributed by atoms with E-state index < -0.39 is 16.7 Å². The van der Waals surface area contributed by atoms with Crippen LogP contribution in [0, 0.1) is 0 Å². The molecule has 0 bridgehead atoms. The monoisotopic (exact) mass is 341 g/mol. The minimum atomic E-state index is -1.28. The lowest BCUT2D eigenvalue weighted by molar-refractivity contribution is -0.115. The number of benzene rings is 2. The standard InChI is InChI=1S/C15H13Cl2NO2S/c16-12-5-6-13(14(17)7-12)11-3-1-10(2-4-11)8-21(20)9-15(18)19/h1-7H,8-9H2,(H2,18,19)/t21-/m1/s1. The average molecular weight is 342 g/mol. The molecule has 2 N–H and O–H groups in total. The van der Waals surface area contributed by atoms with Gasteiger partial charge in [0.1, 0.15) is 5.75 Å². The molecule has 110 valence electrons. The SMILES string of the molecule is NC(=O)C[S@](=O)Cc1ccc(-c2ccc(Cl)cc2Cl)cc1. The molecule has 1 amide bonds. The first-order chi connectivity index (χ1) is 9.95. The Labute approximate surface area is 135 Å². The van der Waals surface area contributed by atoms with Crippen LogP contribution in [-0.4, -0.2) is 15.9 Å². The van der Waals surface area contributed by atoms with Crippen molar-refractivity contribution in [1.82, 2.24) is 0 Å². The molecular weight excluding hydrogens is 329 g/mol. The number of hydrogen-bond acceptors (Lipinski definition) is 2. The van der Waals surface area contributed by atoms with Crippen LogP contribution in [0.5, 0.6) is 0 Å². The Morgan fingerprint density at radius 1 is 1.10 bits per heavy atom. The number of rotatable bonds is 5. The van der Waals surface area contributed by atoms with E-state index >= 15 is 0 Å². The zero-order valence-electron chi connectivity index (χ0n) is 11.0. The molecule has 0 saturated carbocycles. The quantitative estimate of drug-likeness (QED) is 0.905. The summed E-state index contributed by atoms with van der Waals surface area (Å²) in [6, 6.07) is 12.8. The van der Waals surface area contributed by atoms with E-state index in [1.165, 1.54) is 0 Å². The zero-order valence-corrected chi connectivity index (χ0v) is 13.3. The number of carbonyl (C=O) groups is 1. The Kier molecular flexibility index (Phi) is 5.39. The number of amides is 1. The molecular formula is C15H13Cl2NO2S. The minimum absolute atomic E-state index is 0.120. The zero-order chi connectivity index (χ0) is 15.4. The fourth-order valence-corrected chi connectivity index (χ4v) is 3.40. The van der Waals surface area contributed by atoms with Crippen molar-refractivity contribution in [3.63, 3.8) is 0 Å². The highest BCUT2D eigenvalue weighted by molar-refractivity contribution is 7.84. The molecule has 6 heteroatoms. The molecule has 0 radical (unpaired) electrons. The summed E-state index contributed by atoms with van der Waals surface area (Å²) in [5.41, 5.74) is 7.72. The largest absolute Gasteiger partial charge is 0.369 e. The van der Waals surface area contributed by atoms with Crippen LogP contribution in [-0.2, 0) is 21.3 Å². The van der Waals surface area contributed by atoms with E-state index in [1.807, 2.05) is 30.3 Å². The van der Waals surface area contributed by atoms with Crippen LogP contribution in [0.1, 0.15) is 5.56 Å². The molecule has 0 aromatic heterocycles. The lowest BCUT2D eigenvalue weighted by Gasteiger charge is -2.07. The highest BCUT2D eigenvalue weighted by Gasteiger charge is 2.07. The van der Waals surface area contributed by atoms with Crippen LogP contribution in [0.4, 0.5) is 0 Å². The fraction of sp³-hybridized carbons (Fsp3) is 0.133. The Bertz CT molecular complexity index is 687. The van der Waals surface area contributed by atoms with Crippen LogP contribution >= 0.6 is 23.2 Å². The van der Waals surface area contributed by atoms with Gasteiger partial charge >= 0.3 is 0 Å². The van der Waals surface area contributed by atoms with Crippen molar-refractivity contribution in [1.29, 1.82) is 0 Å². The summed E-state index contributed by atoms with van der Waals surface area (Å²) in [6.45, 7) is 0. The summed E-state index contributed by atoms with van der Waals surface area (Å²) in [6.07, 6.45) is 0. The van der Waals surface area contributed by atoms with Gasteiger partial charge in [0.05, 0.1) is 0 Å². The summed E-state index contributed by atoms with van der Waals surface area (Å²) in [4.78, 5) is 10.7. The second kappa shape index (κ2) is 7.07. The summed E-state index contributed by atoms with van der Waals surface area (Å²) < 4.78 is 11.6. The predicted octanol–water partition coefficient (Wildman–Crippen LogP) is 3.39. The summed E-state index contributed by atoms with van der Waals surface area (Å²) >= 11 is 12.0. The summed E-state index contributed by atoms with van der Waals surface area (Å²) in [7, 11) is -1.28. The molecule has 0 spiro atoms. The van der Waals surface area contributed by atoms with Crippen LogP contribution in [0.25, 0.3) is 11.1 Å². The van der Waals surface area contributed by atoms with Gasteiger partial charge < -0.3 is 5.73 Å². The van der Waals surface area contributed by atoms with E-state index in [-0.39, 0.29) is 5.75 Å². The van der Waals surface area contributed by atoms with E-state index in [2.05, 4.69) is 0 Å². The summed E-state index contributed by atoms with van der Waals surface area (Å²) in [5.74, 6) is -0.375. The molecule has 0 aliphatic rings. The van der Waals surface area contributed by atoms with Gasteiger partial charge in [0.25, 0.3) is 0 Å². The number of primary amides is 1. The van der Waals surface area contributed by atoms with Gasteiger partial charge in [-0.05, 0) is 23.3 Å². The van der Waals surface area contributed by atoms with Gasteiger partial charge in [-0.1, -0.05) is 53.5 Å². The highest BCUT2D eigenvalue weighted by atomic mass is 35.5. The number of halogens is 2. The average Bonchev–Trinajstić information content (AvgIpc) is 2.39. The smallest absolute Gasteiger partial charge is 0.230 e. The molecule has 0 fully saturated rings. The molecule has 0 saturated heterocycles. The van der Waals surface area contributed by atoms with Crippen LogP contribution in [0.15, 0.2) is 42.5 Å². The molecule has 2 rings (SSSR count). The van der Waals surface area contributed by atoms with Gasteiger partial charge in [0.2, 0.25) is 5.91 Å². The van der Waals surface area contributed by atoms with Gasteiger partial charge in [-0.25, -0.2) is 0 Å². The van der Waals surface area contributed by atoms with Crippen molar-refractivity contribution < 1.29 is 9.00 Å². The van der Waals surface area contributed by atoms with Gasteiger partial charge in [-0.2, -0.15) is 0 Å². The third-order valence-corrected chi connectivity index (χ3v) is 4.64. The molecule has 2 aromatic rings. The fourth-order valence-electron chi connectivity index (χ4n) is 1.90. The van der Waals surface area contributed by atoms with Crippen molar-refractivity contribution in [2.45, 2.75) is 5.75 Å². The second-order valence-electron chi connectivity index (χ2n) is 4.52. The Morgan fingerprint density at radius 2 is 1.76 bits per heavy atom. The van der Waals surface area contributed by atoms with E-state index in [4.69, 9.17) is 28.9 Å². The molecule has 0 aliphatic carbocycles. The Hall–Kier alpha value is -1.36. The molecule has 1 atom stereocenters. The van der Waals surface area contributed by atoms with Crippen molar-refractivity contribution in [2.24, 2.45) is 5.73 Å². The molecule has 2 aromatic carbocycles. The van der Waals surface area contributed by atoms with Crippen LogP contribution in [0.3, 0.4) is 0 Å². The second-order valence-corrected chi connectivity index (χ2v) is 6.82. The normalized spacial score (nSPS) is 12.1. The molecule has 21 heavy (non-hydrogen) atoms. The lowest BCUT2D eigenvalue weighted by Crippen LogP contribution is -2.20. The van der Waals surface area contributed by atoms with Gasteiger partial charge in [-0.3, -0.25) is 9.00 Å². The third-order valence-electron chi connectivity index (χ3n) is 2.83. The molecule has 0 unspecified atom stereocenters. The predicted molar refractivity (Wildman–Crippen MR) is 87.8 cm³/mol. The van der Waals surface area contributed by atoms with Gasteiger partial charge in [0, 0.05) is 32.2 Å². The van der Waals surface area contributed by atoms with Crippen molar-refractivity contribution in [3.8, 4) is 11.1 Å². The molecule has 3 nitrogen and oxygen atoms in total. The topological polar surface area (TPSA) is 60.2 Å². The van der Waals surface area contributed by atoms with Gasteiger partial charge in [0.15, 0.2) is 0 Å². The number of carbonyl (C=O) groups excluding carboxylic acids is 1. The molecule has 0 heterocycles. The number of nitrogens with two attached hydrogens (primary N) is 1. The summed E-state index contributed by atoms with van der Waals surface area (Å²) in [5, 5.41) is 1.16. The third kappa shape index (κ3) is 4.56. The lowest BCUT2D eigenvalue weighted by atomic mass is 10.0. The van der Waals surface area contributed by atoms with E-state index in [0.29, 0.717) is 15.8 Å². The first kappa shape index (κ1) is 16.0. The Balaban J connectivity index is 2.15. The maximum absolute atomic E-state index is 11.6. The molecule has 0 aliphatic heterocycles. The number of hydrogen-bond donors (Lipinski definition) is 1. The van der Waals surface area contributed by atoms with E-state index in [9.17, 15) is 9.00 Å². The maximum Gasteiger partial charge on any atom is 0.230 e. The van der Waals surface area contributed by atoms with E-state index in [0.717, 1.165) is 16.7 Å². The maximum atomic E-state index is 11.6. The minimum Gasteiger partial charge on any atom is -0.369 e. The van der Waals surface area contributed by atoms with Crippen LogP contribution in [0.2, 0.25) is 10.0 Å². The van der Waals surface area contributed by atoms with Crippen molar-refractivity contribution in [3.05, 3.63) is 58.1 Å². The Morgan fingerprint density at radius 3 is 2.33 bits per heavy atom. The highest BCUT2D eigenvalue weighted by Crippen LogP contribution is 2.30. The van der Waals surface area contributed by atoms with Gasteiger partial charge in [-0.15, -0.1) is 0 Å². The van der Waals surface area contributed by atoms with Crippen LogP contribution < -0.4 is 5.73 Å². The van der Waals surface area contributed by atoms with Crippen molar-refractivity contribution >= 4 is 39.9 Å². The first-order valence-corrected chi connectivity index (χ1v) is 8.38. The first-order valence-electron chi connectivity index (χ1n) is 6.13.